The van der Waals surface area contributed by atoms with Gasteiger partial charge in [-0.1, -0.05) is 51.1 Å². The smallest absolute Gasteiger partial charge is 0.249 e. The molecular weight excluding hydrogens is 807 g/mol. The zero-order valence-electron chi connectivity index (χ0n) is 36.0. The fraction of sp³-hybridized carbons (Fsp3) is 0.511. The van der Waals surface area contributed by atoms with E-state index in [1.54, 1.807) is 11.1 Å². The highest BCUT2D eigenvalue weighted by atomic mass is 19.1. The number of nitrogens with two attached hydrogens (primary N) is 1. The van der Waals surface area contributed by atoms with Crippen LogP contribution in [0.5, 0.6) is 0 Å². The second-order valence-electron chi connectivity index (χ2n) is 15.8. The lowest BCUT2D eigenvalue weighted by molar-refractivity contribution is -0.138. The fourth-order valence-corrected chi connectivity index (χ4v) is 6.89. The molecule has 0 aliphatic carbocycles. The predicted octanol–water partition coefficient (Wildman–Crippen LogP) is 3.54. The third-order valence-corrected chi connectivity index (χ3v) is 9.85. The van der Waals surface area contributed by atoms with Crippen molar-refractivity contribution in [2.75, 3.05) is 85.6 Å². The number of hydrogen-bond donors (Lipinski definition) is 4. The number of hydrogen-bond acceptors (Lipinski definition) is 10. The number of nitrogens with one attached hydrogen (secondary N) is 2. The maximum Gasteiger partial charge on any atom is 0.249 e. The molecule has 4 amide bonds. The van der Waals surface area contributed by atoms with E-state index in [4.69, 9.17) is 24.7 Å². The van der Waals surface area contributed by atoms with Crippen LogP contribution in [0, 0.1) is 17.0 Å². The van der Waals surface area contributed by atoms with E-state index in [1.165, 1.54) is 18.2 Å². The Balaban J connectivity index is 1.15. The first-order valence-corrected chi connectivity index (χ1v) is 21.0. The van der Waals surface area contributed by atoms with E-state index in [9.17, 15) is 28.7 Å². The molecule has 340 valence electrons. The largest absolute Gasteiger partial charge is 0.377 e. The Kier molecular flexibility index (Phi) is 20.6. The van der Waals surface area contributed by atoms with Gasteiger partial charge in [0.2, 0.25) is 23.6 Å². The van der Waals surface area contributed by atoms with Gasteiger partial charge in [-0.2, -0.15) is 0 Å². The van der Waals surface area contributed by atoms with Crippen LogP contribution in [-0.2, 0) is 44.7 Å². The second-order valence-corrected chi connectivity index (χ2v) is 15.8. The average Bonchev–Trinajstić information content (AvgIpc) is 3.79. The monoisotopic (exact) mass is 868 g/mol. The van der Waals surface area contributed by atoms with Crippen molar-refractivity contribution in [3.63, 3.8) is 0 Å². The molecule has 1 aromatic heterocycles. The van der Waals surface area contributed by atoms with Gasteiger partial charge in [0.15, 0.2) is 0 Å². The van der Waals surface area contributed by atoms with Crippen LogP contribution in [0.3, 0.4) is 0 Å². The molecule has 1 aliphatic heterocycles. The molecule has 0 saturated heterocycles. The number of aliphatic hydroxyl groups excluding tert-OH is 1. The summed E-state index contributed by atoms with van der Waals surface area (Å²) >= 11 is 0. The molecule has 5 N–H and O–H groups in total. The summed E-state index contributed by atoms with van der Waals surface area (Å²) in [6.07, 6.45) is 3.70. The lowest BCUT2D eigenvalue weighted by atomic mass is 9.82. The van der Waals surface area contributed by atoms with Crippen LogP contribution in [0.15, 0.2) is 72.9 Å². The zero-order valence-corrected chi connectivity index (χ0v) is 36.0. The molecular formula is C45H62F2N6O9. The van der Waals surface area contributed by atoms with Crippen molar-refractivity contribution in [1.29, 1.82) is 0 Å². The Morgan fingerprint density at radius 3 is 2.05 bits per heavy atom. The van der Waals surface area contributed by atoms with E-state index < -0.39 is 41.1 Å². The van der Waals surface area contributed by atoms with E-state index in [2.05, 4.69) is 10.6 Å². The first-order chi connectivity index (χ1) is 29.8. The van der Waals surface area contributed by atoms with Crippen molar-refractivity contribution in [3.8, 4) is 11.1 Å². The standard InChI is InChI=1S/C45H62F2N6O9/c1-45(2,3)44(38-28-34(36-29-35(46)10-11-37(36)47)31-51(38)30-33-8-5-4-6-9-33)52(19-7-16-48)41(56)13-12-39(54)49-17-20-59-22-24-61-26-27-62-25-23-60-21-18-50-40(55)32-53-42(57)14-15-43(53)58/h4-6,8-11,14-15,28-29,31,42,44,57H,7,12-13,16-27,30,32,48H2,1-3H3,(H,49,54)(H,50,55)/t42?,44-/m0/s1. The van der Waals surface area contributed by atoms with Gasteiger partial charge in [0.05, 0.1) is 58.9 Å². The van der Waals surface area contributed by atoms with Crippen molar-refractivity contribution in [1.82, 2.24) is 25.0 Å². The van der Waals surface area contributed by atoms with Gasteiger partial charge < -0.3 is 54.8 Å². The molecule has 3 aromatic rings. The molecule has 0 spiro atoms. The Morgan fingerprint density at radius 1 is 0.855 bits per heavy atom. The number of aromatic nitrogens is 1. The number of rotatable bonds is 28. The first kappa shape index (κ1) is 49.6. The quantitative estimate of drug-likeness (QED) is 0.0787. The van der Waals surface area contributed by atoms with Crippen LogP contribution in [0.4, 0.5) is 8.78 Å². The number of amides is 4. The third kappa shape index (κ3) is 16.3. The SMILES string of the molecule is CC(C)(C)[C@H](c1cc(-c2cc(F)ccc2F)cn1Cc1ccccc1)N(CCCN)C(=O)CCC(=O)NCCOCCOCCOCCOCCNC(=O)CN1C(=O)C=CC1O. The molecule has 1 unspecified atom stereocenters. The van der Waals surface area contributed by atoms with Crippen molar-refractivity contribution in [2.24, 2.45) is 11.1 Å². The molecule has 62 heavy (non-hydrogen) atoms. The number of benzene rings is 2. The molecule has 0 radical (unpaired) electrons. The summed E-state index contributed by atoms with van der Waals surface area (Å²) in [6.45, 7) is 10.0. The molecule has 1 aliphatic rings. The van der Waals surface area contributed by atoms with Crippen molar-refractivity contribution >= 4 is 23.6 Å². The number of aliphatic hydroxyl groups is 1. The molecule has 2 aromatic carbocycles. The van der Waals surface area contributed by atoms with Gasteiger partial charge in [-0.05, 0) is 54.3 Å². The molecule has 2 atom stereocenters. The molecule has 0 saturated carbocycles. The lowest BCUT2D eigenvalue weighted by Crippen LogP contribution is -2.43. The molecule has 2 heterocycles. The lowest BCUT2D eigenvalue weighted by Gasteiger charge is -2.41. The Morgan fingerprint density at radius 2 is 1.47 bits per heavy atom. The topological polar surface area (TPSA) is 187 Å². The second kappa shape index (κ2) is 25.8. The molecule has 4 rings (SSSR count). The van der Waals surface area contributed by atoms with Gasteiger partial charge in [0.25, 0.3) is 0 Å². The van der Waals surface area contributed by atoms with Crippen molar-refractivity contribution < 1.29 is 52.0 Å². The summed E-state index contributed by atoms with van der Waals surface area (Å²) in [5, 5.41) is 15.1. The van der Waals surface area contributed by atoms with Gasteiger partial charge >= 0.3 is 0 Å². The number of halogens is 2. The maximum atomic E-state index is 15.1. The summed E-state index contributed by atoms with van der Waals surface area (Å²) in [5.41, 5.74) is 7.78. The molecule has 0 bridgehead atoms. The van der Waals surface area contributed by atoms with Crippen molar-refractivity contribution in [2.45, 2.75) is 58.8 Å². The van der Waals surface area contributed by atoms with Gasteiger partial charge in [-0.25, -0.2) is 8.78 Å². The number of nitrogens with zero attached hydrogens (tertiary/aromatic N) is 3. The Hall–Kier alpha value is -5.04. The third-order valence-electron chi connectivity index (χ3n) is 9.85. The van der Waals surface area contributed by atoms with Gasteiger partial charge in [0.1, 0.15) is 24.4 Å². The van der Waals surface area contributed by atoms with E-state index >= 15 is 4.39 Å². The first-order valence-electron chi connectivity index (χ1n) is 21.0. The van der Waals surface area contributed by atoms with Crippen LogP contribution >= 0.6 is 0 Å². The fourth-order valence-electron chi connectivity index (χ4n) is 6.89. The summed E-state index contributed by atoms with van der Waals surface area (Å²) < 4.78 is 53.3. The van der Waals surface area contributed by atoms with Crippen LogP contribution < -0.4 is 16.4 Å². The van der Waals surface area contributed by atoms with Gasteiger partial charge in [-0.15, -0.1) is 0 Å². The van der Waals surface area contributed by atoms with Gasteiger partial charge in [-0.3, -0.25) is 19.2 Å². The van der Waals surface area contributed by atoms with Crippen LogP contribution in [0.1, 0.15) is 57.3 Å². The van der Waals surface area contributed by atoms with Crippen molar-refractivity contribution in [3.05, 3.63) is 95.8 Å². The average molecular weight is 869 g/mol. The number of carbonyl (C=O) groups excluding carboxylic acids is 4. The highest BCUT2D eigenvalue weighted by Crippen LogP contribution is 2.41. The number of carbonyl (C=O) groups is 4. The summed E-state index contributed by atoms with van der Waals surface area (Å²) in [7, 11) is 0. The predicted molar refractivity (Wildman–Crippen MR) is 228 cm³/mol. The minimum Gasteiger partial charge on any atom is -0.377 e. The van der Waals surface area contributed by atoms with Crippen LogP contribution in [0.2, 0.25) is 0 Å². The Bertz CT molecular complexity index is 1910. The highest BCUT2D eigenvalue weighted by molar-refractivity contribution is 5.93. The molecule has 15 nitrogen and oxygen atoms in total. The zero-order chi connectivity index (χ0) is 44.9. The minimum atomic E-state index is -1.09. The summed E-state index contributed by atoms with van der Waals surface area (Å²) in [4.78, 5) is 53.2. The normalized spacial score (nSPS) is 14.3. The minimum absolute atomic E-state index is 0.0315. The van der Waals surface area contributed by atoms with Crippen LogP contribution in [-0.4, -0.2) is 135 Å². The van der Waals surface area contributed by atoms with E-state index in [1.807, 2.05) is 61.7 Å². The van der Waals surface area contributed by atoms with E-state index in [-0.39, 0.29) is 63.1 Å². The molecule has 17 heteroatoms. The van der Waals surface area contributed by atoms with E-state index in [0.29, 0.717) is 71.3 Å². The number of ether oxygens (including phenoxy) is 4. The summed E-state index contributed by atoms with van der Waals surface area (Å²) in [6, 6.07) is 14.4. The van der Waals surface area contributed by atoms with Crippen LogP contribution in [0.25, 0.3) is 11.1 Å². The maximum absolute atomic E-state index is 15.1. The van der Waals surface area contributed by atoms with Gasteiger partial charge in [0, 0.05) is 68.1 Å². The molecule has 0 fully saturated rings. The Labute approximate surface area is 362 Å². The highest BCUT2D eigenvalue weighted by Gasteiger charge is 2.37. The summed E-state index contributed by atoms with van der Waals surface area (Å²) in [5.74, 6) is -2.44. The van der Waals surface area contributed by atoms with E-state index in [0.717, 1.165) is 28.3 Å².